The number of anilines is 1. The van der Waals surface area contributed by atoms with Gasteiger partial charge in [0.2, 0.25) is 0 Å². The summed E-state index contributed by atoms with van der Waals surface area (Å²) in [6.45, 7) is 0. The molecule has 0 fully saturated rings. The number of hydrogen-bond donors (Lipinski definition) is 0. The Morgan fingerprint density at radius 2 is 1.50 bits per heavy atom. The van der Waals surface area contributed by atoms with E-state index < -0.39 is 11.7 Å². The molecule has 0 saturated heterocycles. The van der Waals surface area contributed by atoms with Gasteiger partial charge in [-0.05, 0) is 17.7 Å². The molecule has 0 aliphatic heterocycles. The zero-order chi connectivity index (χ0) is 14.9. The van der Waals surface area contributed by atoms with E-state index in [1.807, 2.05) is 0 Å². The molecule has 0 radical (unpaired) electrons. The van der Waals surface area contributed by atoms with Crippen molar-refractivity contribution in [1.82, 2.24) is 0 Å². The fourth-order valence-corrected chi connectivity index (χ4v) is 2.50. The average Bonchev–Trinajstić information content (AvgIpc) is 2.37. The van der Waals surface area contributed by atoms with Crippen molar-refractivity contribution in [1.29, 1.82) is 0 Å². The van der Waals surface area contributed by atoms with Crippen LogP contribution in [0.1, 0.15) is 5.56 Å². The van der Waals surface area contributed by atoms with Crippen LogP contribution in [-0.2, 0) is 6.18 Å². The van der Waals surface area contributed by atoms with Crippen molar-refractivity contribution < 1.29 is 13.2 Å². The lowest BCUT2D eigenvalue weighted by Gasteiger charge is -2.21. The van der Waals surface area contributed by atoms with Gasteiger partial charge in [0, 0.05) is 19.7 Å². The number of benzene rings is 2. The molecule has 0 aromatic heterocycles. The summed E-state index contributed by atoms with van der Waals surface area (Å²) in [4.78, 5) is 1.71. The number of nitrogens with zero attached hydrogens (tertiary/aromatic N) is 1. The summed E-state index contributed by atoms with van der Waals surface area (Å²) in [5.41, 5.74) is 0.512. The number of rotatable bonds is 2. The van der Waals surface area contributed by atoms with Crippen LogP contribution in [0.15, 0.2) is 42.5 Å². The van der Waals surface area contributed by atoms with Gasteiger partial charge in [-0.15, -0.1) is 0 Å². The SMILES string of the molecule is CN(C)c1c(Cl)cccc1-c1ccccc1C(F)(F)F. The molecule has 2 aromatic rings. The number of halogens is 4. The second kappa shape index (κ2) is 5.37. The molecule has 106 valence electrons. The summed E-state index contributed by atoms with van der Waals surface area (Å²) in [5.74, 6) is 0. The van der Waals surface area contributed by atoms with Gasteiger partial charge in [-0.2, -0.15) is 13.2 Å². The molecule has 0 heterocycles. The average molecular weight is 300 g/mol. The lowest BCUT2D eigenvalue weighted by Crippen LogP contribution is -2.12. The molecule has 1 nitrogen and oxygen atoms in total. The van der Waals surface area contributed by atoms with Crippen molar-refractivity contribution in [3.8, 4) is 11.1 Å². The number of hydrogen-bond acceptors (Lipinski definition) is 1. The highest BCUT2D eigenvalue weighted by molar-refractivity contribution is 6.34. The van der Waals surface area contributed by atoms with E-state index in [4.69, 9.17) is 11.6 Å². The van der Waals surface area contributed by atoms with E-state index >= 15 is 0 Å². The monoisotopic (exact) mass is 299 g/mol. The minimum atomic E-state index is -4.40. The Morgan fingerprint density at radius 3 is 2.10 bits per heavy atom. The van der Waals surface area contributed by atoms with Gasteiger partial charge >= 0.3 is 6.18 Å². The summed E-state index contributed by atoms with van der Waals surface area (Å²) in [6, 6.07) is 10.5. The summed E-state index contributed by atoms with van der Waals surface area (Å²) in [6.07, 6.45) is -4.40. The summed E-state index contributed by atoms with van der Waals surface area (Å²) < 4.78 is 39.4. The first kappa shape index (κ1) is 14.7. The molecule has 0 aliphatic carbocycles. The first-order valence-electron chi connectivity index (χ1n) is 5.95. The van der Waals surface area contributed by atoms with Crippen LogP contribution in [0.2, 0.25) is 5.02 Å². The molecule has 20 heavy (non-hydrogen) atoms. The maximum atomic E-state index is 13.1. The topological polar surface area (TPSA) is 3.24 Å². The maximum Gasteiger partial charge on any atom is 0.417 e. The van der Waals surface area contributed by atoms with Gasteiger partial charge < -0.3 is 4.90 Å². The number of alkyl halides is 3. The fourth-order valence-electron chi connectivity index (χ4n) is 2.15. The third-order valence-corrected chi connectivity index (χ3v) is 3.26. The van der Waals surface area contributed by atoms with Crippen LogP contribution in [0, 0.1) is 0 Å². The molecule has 2 aromatic carbocycles. The minimum absolute atomic E-state index is 0.131. The van der Waals surface area contributed by atoms with Gasteiger partial charge in [-0.3, -0.25) is 0 Å². The Hall–Kier alpha value is -1.68. The highest BCUT2D eigenvalue weighted by Gasteiger charge is 2.34. The normalized spacial score (nSPS) is 11.5. The highest BCUT2D eigenvalue weighted by Crippen LogP contribution is 2.42. The molecule has 0 amide bonds. The van der Waals surface area contributed by atoms with Crippen LogP contribution in [0.5, 0.6) is 0 Å². The minimum Gasteiger partial charge on any atom is -0.376 e. The lowest BCUT2D eigenvalue weighted by molar-refractivity contribution is -0.137. The van der Waals surface area contributed by atoms with E-state index in [1.54, 1.807) is 43.3 Å². The van der Waals surface area contributed by atoms with E-state index in [0.717, 1.165) is 6.07 Å². The second-order valence-electron chi connectivity index (χ2n) is 4.57. The third-order valence-electron chi connectivity index (χ3n) is 2.96. The molecule has 0 spiro atoms. The van der Waals surface area contributed by atoms with Gasteiger partial charge in [-0.25, -0.2) is 0 Å². The largest absolute Gasteiger partial charge is 0.417 e. The Bertz CT molecular complexity index is 621. The van der Waals surface area contributed by atoms with E-state index in [9.17, 15) is 13.2 Å². The Labute approximate surface area is 120 Å². The van der Waals surface area contributed by atoms with Crippen molar-refractivity contribution in [3.05, 3.63) is 53.1 Å². The molecular formula is C15H13ClF3N. The fraction of sp³-hybridized carbons (Fsp3) is 0.200. The molecule has 5 heteroatoms. The first-order valence-corrected chi connectivity index (χ1v) is 6.32. The molecule has 0 atom stereocenters. The quantitative estimate of drug-likeness (QED) is 0.746. The van der Waals surface area contributed by atoms with E-state index in [1.165, 1.54) is 12.1 Å². The third kappa shape index (κ3) is 2.75. The predicted molar refractivity (Wildman–Crippen MR) is 76.2 cm³/mol. The van der Waals surface area contributed by atoms with Gasteiger partial charge in [-0.1, -0.05) is 41.9 Å². The van der Waals surface area contributed by atoms with Crippen molar-refractivity contribution in [3.63, 3.8) is 0 Å². The molecule has 0 N–H and O–H groups in total. The summed E-state index contributed by atoms with van der Waals surface area (Å²) in [7, 11) is 3.50. The van der Waals surface area contributed by atoms with Crippen LogP contribution in [-0.4, -0.2) is 14.1 Å². The Morgan fingerprint density at radius 1 is 0.900 bits per heavy atom. The highest BCUT2D eigenvalue weighted by atomic mass is 35.5. The van der Waals surface area contributed by atoms with Crippen LogP contribution < -0.4 is 4.90 Å². The molecule has 0 bridgehead atoms. The Balaban J connectivity index is 2.73. The van der Waals surface area contributed by atoms with E-state index in [-0.39, 0.29) is 5.56 Å². The molecule has 0 unspecified atom stereocenters. The van der Waals surface area contributed by atoms with E-state index in [2.05, 4.69) is 0 Å². The molecule has 2 rings (SSSR count). The maximum absolute atomic E-state index is 13.1. The van der Waals surface area contributed by atoms with Crippen molar-refractivity contribution in [2.24, 2.45) is 0 Å². The smallest absolute Gasteiger partial charge is 0.376 e. The van der Waals surface area contributed by atoms with Gasteiger partial charge in [0.15, 0.2) is 0 Å². The molecule has 0 saturated carbocycles. The van der Waals surface area contributed by atoms with Gasteiger partial charge in [0.1, 0.15) is 0 Å². The summed E-state index contributed by atoms with van der Waals surface area (Å²) >= 11 is 6.12. The van der Waals surface area contributed by atoms with Crippen LogP contribution >= 0.6 is 11.6 Å². The lowest BCUT2D eigenvalue weighted by atomic mass is 9.97. The van der Waals surface area contributed by atoms with Gasteiger partial charge in [0.05, 0.1) is 16.3 Å². The second-order valence-corrected chi connectivity index (χ2v) is 4.98. The van der Waals surface area contributed by atoms with Crippen molar-refractivity contribution >= 4 is 17.3 Å². The van der Waals surface area contributed by atoms with Crippen LogP contribution in [0.3, 0.4) is 0 Å². The molecular weight excluding hydrogens is 287 g/mol. The van der Waals surface area contributed by atoms with Crippen molar-refractivity contribution in [2.45, 2.75) is 6.18 Å². The van der Waals surface area contributed by atoms with Gasteiger partial charge in [0.25, 0.3) is 0 Å². The Kier molecular flexibility index (Phi) is 3.95. The van der Waals surface area contributed by atoms with E-state index in [0.29, 0.717) is 16.3 Å². The summed E-state index contributed by atoms with van der Waals surface area (Å²) in [5, 5.41) is 0.421. The van der Waals surface area contributed by atoms with Crippen LogP contribution in [0.4, 0.5) is 18.9 Å². The number of para-hydroxylation sites is 1. The van der Waals surface area contributed by atoms with Crippen LogP contribution in [0.25, 0.3) is 11.1 Å². The zero-order valence-electron chi connectivity index (χ0n) is 11.0. The molecule has 0 aliphatic rings. The first-order chi connectivity index (χ1) is 9.32. The van der Waals surface area contributed by atoms with Crippen molar-refractivity contribution in [2.75, 3.05) is 19.0 Å². The zero-order valence-corrected chi connectivity index (χ0v) is 11.8. The standard InChI is InChI=1S/C15H13ClF3N/c1-20(2)14-11(7-5-9-13(14)16)10-6-3-4-8-12(10)15(17,18)19/h3-9H,1-2H3. The predicted octanol–water partition coefficient (Wildman–Crippen LogP) is 5.09.